The van der Waals surface area contributed by atoms with Crippen molar-refractivity contribution in [1.82, 2.24) is 24.8 Å². The Hall–Kier alpha value is -4.72. The van der Waals surface area contributed by atoms with Crippen LogP contribution in [-0.2, 0) is 6.54 Å². The molecule has 0 aliphatic heterocycles. The van der Waals surface area contributed by atoms with Gasteiger partial charge in [0.05, 0.1) is 11.0 Å². The number of aromatic nitrogens is 4. The lowest BCUT2D eigenvalue weighted by atomic mass is 10.1. The molecule has 0 saturated heterocycles. The van der Waals surface area contributed by atoms with Crippen molar-refractivity contribution >= 4 is 28.6 Å². The molecule has 0 saturated carbocycles. The third kappa shape index (κ3) is 4.67. The maximum absolute atomic E-state index is 11.9. The van der Waals surface area contributed by atoms with E-state index in [9.17, 15) is 4.79 Å². The highest BCUT2D eigenvalue weighted by atomic mass is 16.5. The number of carbonyl (C=O) groups excluding carboxylic acids is 1. The number of aryl methyl sites for hydroxylation is 1. The molecule has 0 bridgehead atoms. The van der Waals surface area contributed by atoms with Crippen LogP contribution in [0.1, 0.15) is 17.4 Å². The minimum absolute atomic E-state index is 0.267. The summed E-state index contributed by atoms with van der Waals surface area (Å²) in [6.07, 6.45) is 5.13. The summed E-state index contributed by atoms with van der Waals surface area (Å²) in [5, 5.41) is 6.03. The number of fused-ring (bicyclic) bond motifs is 1. The zero-order chi connectivity index (χ0) is 24.2. The number of ether oxygens (including phenoxy) is 1. The number of hydrogen-bond donors (Lipinski definition) is 2. The Morgan fingerprint density at radius 3 is 2.57 bits per heavy atom. The lowest BCUT2D eigenvalue weighted by Crippen LogP contribution is -2.18. The monoisotopic (exact) mass is 464 g/mol. The van der Waals surface area contributed by atoms with Crippen LogP contribution in [0.4, 0.5) is 11.6 Å². The summed E-state index contributed by atoms with van der Waals surface area (Å²) >= 11 is 0. The molecule has 35 heavy (non-hydrogen) atoms. The van der Waals surface area contributed by atoms with E-state index in [1.165, 1.54) is 0 Å². The van der Waals surface area contributed by atoms with E-state index in [1.807, 2.05) is 42.5 Å². The van der Waals surface area contributed by atoms with Gasteiger partial charge in [-0.3, -0.25) is 14.8 Å². The first-order valence-electron chi connectivity index (χ1n) is 11.3. The zero-order valence-corrected chi connectivity index (χ0v) is 19.4. The van der Waals surface area contributed by atoms with E-state index in [4.69, 9.17) is 9.72 Å². The van der Waals surface area contributed by atoms with Gasteiger partial charge in [0.2, 0.25) is 5.95 Å². The van der Waals surface area contributed by atoms with E-state index in [0.717, 1.165) is 40.3 Å². The normalized spacial score (nSPS) is 10.8. The second-order valence-corrected chi connectivity index (χ2v) is 7.83. The highest BCUT2D eigenvalue weighted by Crippen LogP contribution is 2.30. The predicted octanol–water partition coefficient (Wildman–Crippen LogP) is 5.41. The first-order valence-corrected chi connectivity index (χ1v) is 11.3. The number of benzene rings is 2. The predicted molar refractivity (Wildman–Crippen MR) is 136 cm³/mol. The number of hydrogen-bond acceptors (Lipinski definition) is 6. The van der Waals surface area contributed by atoms with Crippen LogP contribution in [0.15, 0.2) is 85.3 Å². The van der Waals surface area contributed by atoms with Crippen LogP contribution in [0.25, 0.3) is 22.2 Å². The van der Waals surface area contributed by atoms with Gasteiger partial charge in [-0.25, -0.2) is 4.98 Å². The van der Waals surface area contributed by atoms with E-state index < -0.39 is 0 Å². The molecule has 5 rings (SSSR count). The number of nitrogens with zero attached hydrogens (tertiary/aromatic N) is 4. The quantitative estimate of drug-likeness (QED) is 0.335. The summed E-state index contributed by atoms with van der Waals surface area (Å²) in [5.74, 6) is 1.63. The van der Waals surface area contributed by atoms with Crippen molar-refractivity contribution in [2.75, 3.05) is 12.4 Å². The third-order valence-corrected chi connectivity index (χ3v) is 5.60. The molecule has 8 nitrogen and oxygen atoms in total. The Morgan fingerprint density at radius 1 is 0.943 bits per heavy atom. The molecule has 2 aromatic carbocycles. The highest BCUT2D eigenvalue weighted by Gasteiger charge is 2.13. The average molecular weight is 465 g/mol. The second kappa shape index (κ2) is 9.64. The van der Waals surface area contributed by atoms with Crippen LogP contribution in [0.3, 0.4) is 0 Å². The summed E-state index contributed by atoms with van der Waals surface area (Å²) in [4.78, 5) is 24.9. The molecule has 1 amide bonds. The average Bonchev–Trinajstić information content (AvgIpc) is 3.25. The molecule has 0 spiro atoms. The van der Waals surface area contributed by atoms with Crippen molar-refractivity contribution in [3.63, 3.8) is 0 Å². The molecule has 0 radical (unpaired) electrons. The van der Waals surface area contributed by atoms with Gasteiger partial charge in [-0.2, -0.15) is 0 Å². The number of carbonyl (C=O) groups is 1. The fourth-order valence-corrected chi connectivity index (χ4v) is 3.90. The van der Waals surface area contributed by atoms with Crippen molar-refractivity contribution in [3.8, 4) is 22.6 Å². The van der Waals surface area contributed by atoms with Gasteiger partial charge in [0.25, 0.3) is 5.91 Å². The van der Waals surface area contributed by atoms with Crippen molar-refractivity contribution in [3.05, 3.63) is 91.0 Å². The Morgan fingerprint density at radius 2 is 1.77 bits per heavy atom. The maximum atomic E-state index is 11.9. The highest BCUT2D eigenvalue weighted by molar-refractivity contribution is 5.92. The van der Waals surface area contributed by atoms with E-state index in [0.29, 0.717) is 17.2 Å². The topological polar surface area (TPSA) is 94.0 Å². The van der Waals surface area contributed by atoms with E-state index in [-0.39, 0.29) is 5.91 Å². The summed E-state index contributed by atoms with van der Waals surface area (Å²) < 4.78 is 8.11. The molecular weight excluding hydrogens is 440 g/mol. The number of nitrogens with one attached hydrogen (secondary N) is 2. The van der Waals surface area contributed by atoms with Gasteiger partial charge in [-0.1, -0.05) is 12.1 Å². The first-order chi connectivity index (χ1) is 17.1. The molecule has 3 heterocycles. The SMILES string of the molecule is CCn1c(Nc2cccc(-c3ccncc3)c2)nc2cc(Oc3ccnc(C(=O)NC)c3)ccc21. The van der Waals surface area contributed by atoms with Crippen LogP contribution in [-0.4, -0.2) is 32.5 Å². The molecule has 0 unspecified atom stereocenters. The van der Waals surface area contributed by atoms with E-state index in [2.05, 4.69) is 44.2 Å². The summed E-state index contributed by atoms with van der Waals surface area (Å²) in [6, 6.07) is 21.3. The molecule has 0 atom stereocenters. The molecule has 2 N–H and O–H groups in total. The standard InChI is InChI=1S/C27H24N6O2/c1-3-33-25-8-7-21(35-22-11-14-30-24(17-22)26(34)28-2)16-23(25)32-27(33)31-20-6-4-5-19(15-20)18-9-12-29-13-10-18/h4-17H,3H2,1-2H3,(H,28,34)(H,31,32). The van der Waals surface area contributed by atoms with Gasteiger partial charge in [-0.15, -0.1) is 0 Å². The van der Waals surface area contributed by atoms with Crippen molar-refractivity contribution in [2.45, 2.75) is 13.5 Å². The Bertz CT molecular complexity index is 1500. The molecule has 0 fully saturated rings. The molecule has 174 valence electrons. The van der Waals surface area contributed by atoms with Crippen LogP contribution in [0, 0.1) is 0 Å². The van der Waals surface area contributed by atoms with E-state index in [1.54, 1.807) is 37.8 Å². The third-order valence-electron chi connectivity index (χ3n) is 5.60. The smallest absolute Gasteiger partial charge is 0.269 e. The van der Waals surface area contributed by atoms with Crippen LogP contribution in [0.5, 0.6) is 11.5 Å². The maximum Gasteiger partial charge on any atom is 0.269 e. The van der Waals surface area contributed by atoms with Gasteiger partial charge in [0.15, 0.2) is 0 Å². The molecular formula is C27H24N6O2. The van der Waals surface area contributed by atoms with E-state index >= 15 is 0 Å². The number of rotatable bonds is 7. The summed E-state index contributed by atoms with van der Waals surface area (Å²) in [6.45, 7) is 2.84. The molecule has 3 aromatic heterocycles. The number of anilines is 2. The van der Waals surface area contributed by atoms with Crippen molar-refractivity contribution in [2.24, 2.45) is 0 Å². The zero-order valence-electron chi connectivity index (χ0n) is 19.4. The number of pyridine rings is 2. The van der Waals surface area contributed by atoms with Gasteiger partial charge < -0.3 is 19.9 Å². The second-order valence-electron chi connectivity index (χ2n) is 7.83. The van der Waals surface area contributed by atoms with Gasteiger partial charge in [0.1, 0.15) is 17.2 Å². The Kier molecular flexibility index (Phi) is 6.09. The molecule has 0 aliphatic rings. The minimum Gasteiger partial charge on any atom is -0.457 e. The Balaban J connectivity index is 1.42. The lowest BCUT2D eigenvalue weighted by molar-refractivity contribution is 0.0958. The van der Waals surface area contributed by atoms with Crippen molar-refractivity contribution < 1.29 is 9.53 Å². The van der Waals surface area contributed by atoms with Crippen molar-refractivity contribution in [1.29, 1.82) is 0 Å². The number of imidazole rings is 1. The minimum atomic E-state index is -0.267. The first kappa shape index (κ1) is 22.1. The van der Waals surface area contributed by atoms with Gasteiger partial charge in [0, 0.05) is 50.0 Å². The fraction of sp³-hybridized carbons (Fsp3) is 0.111. The van der Waals surface area contributed by atoms with Gasteiger partial charge in [-0.05, 0) is 60.5 Å². The fourth-order valence-electron chi connectivity index (χ4n) is 3.90. The summed E-state index contributed by atoms with van der Waals surface area (Å²) in [7, 11) is 1.57. The molecule has 5 aromatic rings. The Labute approximate surface area is 202 Å². The van der Waals surface area contributed by atoms with Crippen LogP contribution >= 0.6 is 0 Å². The number of amides is 1. The van der Waals surface area contributed by atoms with Crippen LogP contribution < -0.4 is 15.4 Å². The van der Waals surface area contributed by atoms with Gasteiger partial charge >= 0.3 is 0 Å². The molecule has 0 aliphatic carbocycles. The van der Waals surface area contributed by atoms with Crippen LogP contribution in [0.2, 0.25) is 0 Å². The lowest BCUT2D eigenvalue weighted by Gasteiger charge is -2.10. The summed E-state index contributed by atoms with van der Waals surface area (Å²) in [5.41, 5.74) is 5.23. The largest absolute Gasteiger partial charge is 0.457 e. The molecule has 8 heteroatoms.